The van der Waals surface area contributed by atoms with Crippen LogP contribution in [0.3, 0.4) is 0 Å². The van der Waals surface area contributed by atoms with Gasteiger partial charge in [0.25, 0.3) is 11.7 Å². The number of aromatic amines is 1. The van der Waals surface area contributed by atoms with Gasteiger partial charge in [-0.25, -0.2) is 4.79 Å². The van der Waals surface area contributed by atoms with Gasteiger partial charge in [0.1, 0.15) is 11.8 Å². The molecule has 1 amide bonds. The quantitative estimate of drug-likeness (QED) is 0.184. The number of H-pyrrole nitrogens is 1. The molecule has 1 saturated heterocycles. The lowest BCUT2D eigenvalue weighted by molar-refractivity contribution is -0.132. The number of nitrogens with one attached hydrogen (secondary N) is 1. The van der Waals surface area contributed by atoms with Crippen molar-refractivity contribution in [1.82, 2.24) is 9.97 Å². The van der Waals surface area contributed by atoms with Gasteiger partial charge in [0.15, 0.2) is 0 Å². The highest BCUT2D eigenvalue weighted by Gasteiger charge is 2.47. The Morgan fingerprint density at radius 1 is 1.03 bits per heavy atom. The van der Waals surface area contributed by atoms with Crippen molar-refractivity contribution in [3.8, 4) is 0 Å². The fourth-order valence-corrected chi connectivity index (χ4v) is 4.37. The molecular formula is C28H23N3O5. The van der Waals surface area contributed by atoms with E-state index in [1.165, 1.54) is 17.0 Å². The number of benzene rings is 2. The number of esters is 1. The molecule has 1 aliphatic rings. The Hall–Kier alpha value is -4.72. The third-order valence-corrected chi connectivity index (χ3v) is 5.98. The number of amides is 1. The number of carbonyl (C=O) groups is 3. The molecule has 0 spiro atoms. The minimum absolute atomic E-state index is 0.0632. The molecule has 4 aromatic rings. The minimum atomic E-state index is -0.965. The second kappa shape index (κ2) is 9.14. The van der Waals surface area contributed by atoms with E-state index in [0.717, 1.165) is 5.52 Å². The zero-order valence-corrected chi connectivity index (χ0v) is 19.6. The summed E-state index contributed by atoms with van der Waals surface area (Å²) >= 11 is 0. The number of anilines is 1. The Labute approximate surface area is 206 Å². The summed E-state index contributed by atoms with van der Waals surface area (Å²) in [6.07, 6.45) is 2.90. The van der Waals surface area contributed by atoms with Gasteiger partial charge in [-0.3, -0.25) is 19.5 Å². The van der Waals surface area contributed by atoms with Crippen molar-refractivity contribution in [1.29, 1.82) is 0 Å². The Morgan fingerprint density at radius 2 is 1.75 bits per heavy atom. The van der Waals surface area contributed by atoms with E-state index in [1.54, 1.807) is 56.6 Å². The number of aliphatic hydroxyl groups is 1. The number of fused-ring (bicyclic) bond motifs is 1. The average molecular weight is 482 g/mol. The maximum absolute atomic E-state index is 13.3. The molecule has 8 nitrogen and oxygen atoms in total. The standard InChI is InChI=1S/C28H23N3O5/c1-16(2)36-28(35)17-10-12-18(13-11-17)31-24(22-9-5-6-14-29-22)23(26(33)27(31)34)25(32)20-15-30-21-8-4-3-7-19(20)21/h3-16,24,30,32H,1-2H3/b25-23-. The van der Waals surface area contributed by atoms with Gasteiger partial charge in [-0.1, -0.05) is 24.3 Å². The number of rotatable bonds is 5. The van der Waals surface area contributed by atoms with E-state index in [0.29, 0.717) is 27.9 Å². The van der Waals surface area contributed by atoms with Gasteiger partial charge < -0.3 is 14.8 Å². The van der Waals surface area contributed by atoms with Crippen LogP contribution >= 0.6 is 0 Å². The zero-order chi connectivity index (χ0) is 25.4. The molecule has 0 radical (unpaired) electrons. The normalized spacial score (nSPS) is 17.2. The fraction of sp³-hybridized carbons (Fsp3) is 0.143. The summed E-state index contributed by atoms with van der Waals surface area (Å²) in [4.78, 5) is 47.6. The number of hydrogen-bond acceptors (Lipinski definition) is 6. The number of ether oxygens (including phenoxy) is 1. The van der Waals surface area contributed by atoms with Gasteiger partial charge in [0.05, 0.1) is 22.9 Å². The molecule has 1 aliphatic heterocycles. The van der Waals surface area contributed by atoms with Crippen LogP contribution < -0.4 is 4.90 Å². The second-order valence-corrected chi connectivity index (χ2v) is 8.67. The third-order valence-electron chi connectivity index (χ3n) is 5.98. The van der Waals surface area contributed by atoms with Crippen LogP contribution in [0.1, 0.15) is 41.5 Å². The first-order valence-electron chi connectivity index (χ1n) is 11.5. The number of carbonyl (C=O) groups excluding carboxylic acids is 3. The summed E-state index contributed by atoms with van der Waals surface area (Å²) in [6, 6.07) is 17.8. The number of aromatic nitrogens is 2. The van der Waals surface area contributed by atoms with E-state index in [1.807, 2.05) is 24.3 Å². The molecular weight excluding hydrogens is 458 g/mol. The molecule has 3 heterocycles. The zero-order valence-electron chi connectivity index (χ0n) is 19.6. The van der Waals surface area contributed by atoms with E-state index in [2.05, 4.69) is 9.97 Å². The van der Waals surface area contributed by atoms with Crippen LogP contribution in [-0.2, 0) is 14.3 Å². The number of pyridine rings is 1. The van der Waals surface area contributed by atoms with E-state index >= 15 is 0 Å². The van der Waals surface area contributed by atoms with Crippen LogP contribution in [-0.4, -0.2) is 38.8 Å². The second-order valence-electron chi connectivity index (χ2n) is 8.67. The average Bonchev–Trinajstić information content (AvgIpc) is 3.43. The highest BCUT2D eigenvalue weighted by molar-refractivity contribution is 6.51. The summed E-state index contributed by atoms with van der Waals surface area (Å²) < 4.78 is 5.23. The lowest BCUT2D eigenvalue weighted by Crippen LogP contribution is -2.29. The first-order chi connectivity index (χ1) is 17.4. The molecule has 2 aromatic heterocycles. The van der Waals surface area contributed by atoms with Crippen molar-refractivity contribution in [2.24, 2.45) is 0 Å². The van der Waals surface area contributed by atoms with Gasteiger partial charge >= 0.3 is 5.97 Å². The van der Waals surface area contributed by atoms with Gasteiger partial charge in [0.2, 0.25) is 0 Å². The minimum Gasteiger partial charge on any atom is -0.507 e. The van der Waals surface area contributed by atoms with Gasteiger partial charge in [-0.2, -0.15) is 0 Å². The van der Waals surface area contributed by atoms with Crippen molar-refractivity contribution in [3.63, 3.8) is 0 Å². The number of aliphatic hydroxyl groups excluding tert-OH is 1. The highest BCUT2D eigenvalue weighted by atomic mass is 16.5. The molecule has 1 unspecified atom stereocenters. The third kappa shape index (κ3) is 3.92. The maximum Gasteiger partial charge on any atom is 0.338 e. The molecule has 2 N–H and O–H groups in total. The number of Topliss-reactive ketones (excluding diaryl/α,β-unsaturated/α-hetero) is 1. The molecule has 8 heteroatoms. The number of hydrogen-bond donors (Lipinski definition) is 2. The fourth-order valence-electron chi connectivity index (χ4n) is 4.37. The first-order valence-corrected chi connectivity index (χ1v) is 11.5. The smallest absolute Gasteiger partial charge is 0.338 e. The Kier molecular flexibility index (Phi) is 5.85. The lowest BCUT2D eigenvalue weighted by atomic mass is 9.98. The molecule has 180 valence electrons. The van der Waals surface area contributed by atoms with Crippen LogP contribution in [0.2, 0.25) is 0 Å². The van der Waals surface area contributed by atoms with Crippen molar-refractivity contribution in [2.75, 3.05) is 4.90 Å². The van der Waals surface area contributed by atoms with Gasteiger partial charge in [0, 0.05) is 34.5 Å². The Bertz CT molecular complexity index is 1500. The van der Waals surface area contributed by atoms with Crippen molar-refractivity contribution in [3.05, 3.63) is 102 Å². The van der Waals surface area contributed by atoms with Crippen LogP contribution in [0.4, 0.5) is 5.69 Å². The van der Waals surface area contributed by atoms with Crippen molar-refractivity contribution >= 4 is 40.0 Å². The van der Waals surface area contributed by atoms with Crippen LogP contribution in [0.25, 0.3) is 16.7 Å². The largest absolute Gasteiger partial charge is 0.507 e. The predicted molar refractivity (Wildman–Crippen MR) is 134 cm³/mol. The molecule has 1 atom stereocenters. The molecule has 36 heavy (non-hydrogen) atoms. The van der Waals surface area contributed by atoms with Crippen LogP contribution in [0.15, 0.2) is 84.7 Å². The van der Waals surface area contributed by atoms with E-state index in [9.17, 15) is 19.5 Å². The van der Waals surface area contributed by atoms with Gasteiger partial charge in [-0.15, -0.1) is 0 Å². The van der Waals surface area contributed by atoms with Crippen molar-refractivity contribution < 1.29 is 24.2 Å². The Balaban J connectivity index is 1.64. The van der Waals surface area contributed by atoms with Gasteiger partial charge in [-0.05, 0) is 56.3 Å². The predicted octanol–water partition coefficient (Wildman–Crippen LogP) is 4.75. The molecule has 0 bridgehead atoms. The molecule has 1 fully saturated rings. The summed E-state index contributed by atoms with van der Waals surface area (Å²) in [5, 5.41) is 12.1. The molecule has 0 saturated carbocycles. The summed E-state index contributed by atoms with van der Waals surface area (Å²) in [5.74, 6) is -2.40. The van der Waals surface area contributed by atoms with E-state index < -0.39 is 23.7 Å². The molecule has 2 aromatic carbocycles. The van der Waals surface area contributed by atoms with E-state index in [-0.39, 0.29) is 17.4 Å². The topological polar surface area (TPSA) is 113 Å². The van der Waals surface area contributed by atoms with Crippen LogP contribution in [0, 0.1) is 0 Å². The Morgan fingerprint density at radius 3 is 2.44 bits per heavy atom. The highest BCUT2D eigenvalue weighted by Crippen LogP contribution is 2.42. The summed E-state index contributed by atoms with van der Waals surface area (Å²) in [7, 11) is 0. The SMILES string of the molecule is CC(C)OC(=O)c1ccc(N2C(=O)C(=O)/C(=C(\O)c3c[nH]c4ccccc34)C2c2ccccn2)cc1. The monoisotopic (exact) mass is 481 g/mol. The summed E-state index contributed by atoms with van der Waals surface area (Å²) in [5.41, 5.74) is 2.25. The maximum atomic E-state index is 13.3. The first kappa shape index (κ1) is 23.0. The molecule has 5 rings (SSSR count). The summed E-state index contributed by atoms with van der Waals surface area (Å²) in [6.45, 7) is 3.51. The number of ketones is 1. The van der Waals surface area contributed by atoms with E-state index in [4.69, 9.17) is 4.74 Å². The van der Waals surface area contributed by atoms with Crippen molar-refractivity contribution in [2.45, 2.75) is 26.0 Å². The lowest BCUT2D eigenvalue weighted by Gasteiger charge is -2.24. The molecule has 0 aliphatic carbocycles. The number of nitrogens with zero attached hydrogens (tertiary/aromatic N) is 2. The van der Waals surface area contributed by atoms with Crippen LogP contribution in [0.5, 0.6) is 0 Å². The number of para-hydroxylation sites is 1.